The molecular formula is C15H17N3O. The van der Waals surface area contributed by atoms with Gasteiger partial charge in [-0.2, -0.15) is 0 Å². The molecule has 2 aromatic rings. The van der Waals surface area contributed by atoms with Crippen LogP contribution in [0.3, 0.4) is 0 Å². The summed E-state index contributed by atoms with van der Waals surface area (Å²) in [6.07, 6.45) is 1.81. The molecule has 4 heteroatoms. The molecule has 1 fully saturated rings. The highest BCUT2D eigenvalue weighted by atomic mass is 16.5. The van der Waals surface area contributed by atoms with Crippen LogP contribution in [0.5, 0.6) is 0 Å². The number of ether oxygens (including phenoxy) is 1. The first kappa shape index (κ1) is 12.3. The summed E-state index contributed by atoms with van der Waals surface area (Å²) in [6.45, 7) is 4.33. The number of benzene rings is 1. The van der Waals surface area contributed by atoms with E-state index in [1.54, 1.807) is 0 Å². The van der Waals surface area contributed by atoms with Crippen molar-refractivity contribution in [2.45, 2.75) is 13.0 Å². The Balaban J connectivity index is 1.88. The minimum absolute atomic E-state index is 0.0964. The van der Waals surface area contributed by atoms with Gasteiger partial charge in [0.15, 0.2) is 0 Å². The standard InChI is InChI=1S/C15H17N3O/c1-11-2-4-12(5-3-11)13-6-7-17-15(18-13)14-10-19-9-8-16-14/h2-7,14,16H,8-10H2,1H3. The van der Waals surface area contributed by atoms with Crippen LogP contribution in [0.15, 0.2) is 36.5 Å². The maximum absolute atomic E-state index is 5.46. The lowest BCUT2D eigenvalue weighted by Crippen LogP contribution is -2.35. The Morgan fingerprint density at radius 1 is 1.21 bits per heavy atom. The van der Waals surface area contributed by atoms with E-state index in [0.717, 1.165) is 30.2 Å². The van der Waals surface area contributed by atoms with Crippen molar-refractivity contribution in [1.29, 1.82) is 0 Å². The first-order valence-corrected chi connectivity index (χ1v) is 6.54. The van der Waals surface area contributed by atoms with E-state index >= 15 is 0 Å². The molecule has 1 atom stereocenters. The molecular weight excluding hydrogens is 238 g/mol. The lowest BCUT2D eigenvalue weighted by molar-refractivity contribution is 0.0742. The van der Waals surface area contributed by atoms with Gasteiger partial charge in [0.05, 0.1) is 24.9 Å². The molecule has 1 aromatic carbocycles. The van der Waals surface area contributed by atoms with Crippen LogP contribution in [0, 0.1) is 6.92 Å². The van der Waals surface area contributed by atoms with Gasteiger partial charge in [0.1, 0.15) is 5.82 Å². The quantitative estimate of drug-likeness (QED) is 0.893. The Kier molecular flexibility index (Phi) is 3.53. The van der Waals surface area contributed by atoms with Gasteiger partial charge in [-0.3, -0.25) is 0 Å². The fourth-order valence-electron chi connectivity index (χ4n) is 2.16. The van der Waals surface area contributed by atoms with Crippen LogP contribution < -0.4 is 5.32 Å². The molecule has 98 valence electrons. The van der Waals surface area contributed by atoms with Gasteiger partial charge in [0, 0.05) is 18.3 Å². The van der Waals surface area contributed by atoms with Gasteiger partial charge in [-0.25, -0.2) is 9.97 Å². The Labute approximate surface area is 112 Å². The van der Waals surface area contributed by atoms with E-state index in [9.17, 15) is 0 Å². The van der Waals surface area contributed by atoms with E-state index in [0.29, 0.717) is 6.61 Å². The third-order valence-corrected chi connectivity index (χ3v) is 3.25. The number of aryl methyl sites for hydroxylation is 1. The van der Waals surface area contributed by atoms with Crippen LogP contribution in [0.2, 0.25) is 0 Å². The van der Waals surface area contributed by atoms with E-state index in [2.05, 4.69) is 46.5 Å². The lowest BCUT2D eigenvalue weighted by atomic mass is 10.1. The summed E-state index contributed by atoms with van der Waals surface area (Å²) in [5, 5.41) is 3.37. The highest BCUT2D eigenvalue weighted by Crippen LogP contribution is 2.19. The highest BCUT2D eigenvalue weighted by Gasteiger charge is 2.18. The number of morpholine rings is 1. The summed E-state index contributed by atoms with van der Waals surface area (Å²) in [5.41, 5.74) is 3.32. The molecule has 1 aliphatic rings. The Hall–Kier alpha value is -1.78. The zero-order valence-electron chi connectivity index (χ0n) is 11.0. The van der Waals surface area contributed by atoms with Crippen molar-refractivity contribution >= 4 is 0 Å². The normalized spacial score (nSPS) is 19.3. The molecule has 1 N–H and O–H groups in total. The minimum Gasteiger partial charge on any atom is -0.378 e. The van der Waals surface area contributed by atoms with E-state index in [4.69, 9.17) is 4.74 Å². The third-order valence-electron chi connectivity index (χ3n) is 3.25. The van der Waals surface area contributed by atoms with E-state index < -0.39 is 0 Å². The van der Waals surface area contributed by atoms with Gasteiger partial charge in [0.25, 0.3) is 0 Å². The number of aromatic nitrogens is 2. The first-order valence-electron chi connectivity index (χ1n) is 6.54. The van der Waals surface area contributed by atoms with Crippen molar-refractivity contribution in [3.8, 4) is 11.3 Å². The van der Waals surface area contributed by atoms with Gasteiger partial charge in [-0.1, -0.05) is 29.8 Å². The van der Waals surface area contributed by atoms with E-state index in [-0.39, 0.29) is 6.04 Å². The summed E-state index contributed by atoms with van der Waals surface area (Å²) in [7, 11) is 0. The van der Waals surface area contributed by atoms with Crippen molar-refractivity contribution in [3.63, 3.8) is 0 Å². The second-order valence-corrected chi connectivity index (χ2v) is 4.75. The van der Waals surface area contributed by atoms with Crippen LogP contribution in [0.1, 0.15) is 17.4 Å². The average molecular weight is 255 g/mol. The fourth-order valence-corrected chi connectivity index (χ4v) is 2.16. The van der Waals surface area contributed by atoms with Gasteiger partial charge in [0.2, 0.25) is 0 Å². The predicted molar refractivity (Wildman–Crippen MR) is 73.8 cm³/mol. The average Bonchev–Trinajstić information content (AvgIpc) is 2.49. The van der Waals surface area contributed by atoms with Crippen molar-refractivity contribution in [1.82, 2.24) is 15.3 Å². The smallest absolute Gasteiger partial charge is 0.148 e. The number of hydrogen-bond acceptors (Lipinski definition) is 4. The molecule has 1 saturated heterocycles. The van der Waals surface area contributed by atoms with Crippen LogP contribution >= 0.6 is 0 Å². The Morgan fingerprint density at radius 3 is 2.79 bits per heavy atom. The fraction of sp³-hybridized carbons (Fsp3) is 0.333. The number of nitrogens with one attached hydrogen (secondary N) is 1. The molecule has 1 aliphatic heterocycles. The molecule has 1 unspecified atom stereocenters. The Morgan fingerprint density at radius 2 is 2.05 bits per heavy atom. The molecule has 1 aromatic heterocycles. The molecule has 19 heavy (non-hydrogen) atoms. The molecule has 3 rings (SSSR count). The molecule has 0 amide bonds. The van der Waals surface area contributed by atoms with Crippen LogP contribution in [-0.4, -0.2) is 29.7 Å². The van der Waals surface area contributed by atoms with E-state index in [1.807, 2.05) is 12.3 Å². The molecule has 4 nitrogen and oxygen atoms in total. The SMILES string of the molecule is Cc1ccc(-c2ccnc(C3COCCN3)n2)cc1. The molecule has 0 saturated carbocycles. The lowest BCUT2D eigenvalue weighted by Gasteiger charge is -2.22. The predicted octanol–water partition coefficient (Wildman–Crippen LogP) is 2.11. The third kappa shape index (κ3) is 2.80. The molecule has 2 heterocycles. The van der Waals surface area contributed by atoms with Gasteiger partial charge in [-0.15, -0.1) is 0 Å². The van der Waals surface area contributed by atoms with E-state index in [1.165, 1.54) is 5.56 Å². The molecule has 0 aliphatic carbocycles. The summed E-state index contributed by atoms with van der Waals surface area (Å²) in [5.74, 6) is 0.803. The van der Waals surface area contributed by atoms with Crippen molar-refractivity contribution < 1.29 is 4.74 Å². The van der Waals surface area contributed by atoms with Crippen LogP contribution in [0.4, 0.5) is 0 Å². The van der Waals surface area contributed by atoms with Crippen LogP contribution in [-0.2, 0) is 4.74 Å². The van der Waals surface area contributed by atoms with Gasteiger partial charge in [-0.05, 0) is 13.0 Å². The van der Waals surface area contributed by atoms with Crippen molar-refractivity contribution in [2.75, 3.05) is 19.8 Å². The first-order chi connectivity index (χ1) is 9.33. The zero-order chi connectivity index (χ0) is 13.1. The highest BCUT2D eigenvalue weighted by molar-refractivity contribution is 5.58. The molecule has 0 bridgehead atoms. The second kappa shape index (κ2) is 5.47. The van der Waals surface area contributed by atoms with Crippen molar-refractivity contribution in [3.05, 3.63) is 47.9 Å². The Bertz CT molecular complexity index is 548. The largest absolute Gasteiger partial charge is 0.378 e. The minimum atomic E-state index is 0.0964. The number of nitrogens with zero attached hydrogens (tertiary/aromatic N) is 2. The summed E-state index contributed by atoms with van der Waals surface area (Å²) >= 11 is 0. The van der Waals surface area contributed by atoms with Gasteiger partial charge < -0.3 is 10.1 Å². The zero-order valence-corrected chi connectivity index (χ0v) is 11.0. The van der Waals surface area contributed by atoms with Crippen LogP contribution in [0.25, 0.3) is 11.3 Å². The summed E-state index contributed by atoms with van der Waals surface area (Å²) < 4.78 is 5.46. The van der Waals surface area contributed by atoms with Crippen molar-refractivity contribution in [2.24, 2.45) is 0 Å². The summed E-state index contributed by atoms with van der Waals surface area (Å²) in [6, 6.07) is 10.4. The number of rotatable bonds is 2. The topological polar surface area (TPSA) is 47.0 Å². The molecule has 0 spiro atoms. The molecule has 0 radical (unpaired) electrons. The maximum atomic E-state index is 5.46. The summed E-state index contributed by atoms with van der Waals surface area (Å²) in [4.78, 5) is 9.00. The maximum Gasteiger partial charge on any atom is 0.148 e. The second-order valence-electron chi connectivity index (χ2n) is 4.75. The van der Waals surface area contributed by atoms with Gasteiger partial charge >= 0.3 is 0 Å². The number of hydrogen-bond donors (Lipinski definition) is 1. The monoisotopic (exact) mass is 255 g/mol.